The molecule has 1 N–H and O–H groups in total. The van der Waals surface area contributed by atoms with Gasteiger partial charge in [0, 0.05) is 6.54 Å². The van der Waals surface area contributed by atoms with Crippen LogP contribution in [-0.4, -0.2) is 25.8 Å². The fraction of sp³-hybridized carbons (Fsp3) is 0.294. The van der Waals surface area contributed by atoms with Crippen LogP contribution in [0.4, 0.5) is 0 Å². The van der Waals surface area contributed by atoms with Crippen molar-refractivity contribution in [3.8, 4) is 5.75 Å². The largest absolute Gasteiger partial charge is 0.481 e. The smallest absolute Gasteiger partial charge is 0.420 e. The predicted molar refractivity (Wildman–Crippen MR) is 93.5 cm³/mol. The number of oxazole rings is 1. The van der Waals surface area contributed by atoms with Crippen LogP contribution in [0.2, 0.25) is 5.02 Å². The maximum atomic E-state index is 12.1. The first-order chi connectivity index (χ1) is 12.4. The van der Waals surface area contributed by atoms with E-state index < -0.39 is 17.8 Å². The molecule has 2 heterocycles. The van der Waals surface area contributed by atoms with Gasteiger partial charge in [-0.15, -0.1) is 0 Å². The zero-order chi connectivity index (χ0) is 18.8. The Balaban J connectivity index is 2.03. The number of benzene rings is 1. The Kier molecular flexibility index (Phi) is 4.94. The number of hydrogen-bond donors (Lipinski definition) is 1. The summed E-state index contributed by atoms with van der Waals surface area (Å²) >= 11 is 6.27. The molecular formula is C17H16ClN3O5. The second kappa shape index (κ2) is 7.17. The van der Waals surface area contributed by atoms with E-state index in [0.29, 0.717) is 11.2 Å². The van der Waals surface area contributed by atoms with Gasteiger partial charge in [0.05, 0.1) is 17.1 Å². The van der Waals surface area contributed by atoms with Crippen LogP contribution in [0, 0.1) is 6.92 Å². The fourth-order valence-corrected chi connectivity index (χ4v) is 2.69. The Morgan fingerprint density at radius 1 is 1.35 bits per heavy atom. The molecular weight excluding hydrogens is 362 g/mol. The van der Waals surface area contributed by atoms with Crippen molar-refractivity contribution in [2.75, 3.05) is 0 Å². The number of carbonyl (C=O) groups is 1. The number of aromatic nitrogens is 3. The Labute approximate surface area is 153 Å². The average molecular weight is 378 g/mol. The van der Waals surface area contributed by atoms with E-state index >= 15 is 0 Å². The molecule has 1 atom stereocenters. The van der Waals surface area contributed by atoms with Crippen LogP contribution in [0.5, 0.6) is 5.75 Å². The van der Waals surface area contributed by atoms with Gasteiger partial charge in [-0.05, 0) is 38.1 Å². The van der Waals surface area contributed by atoms with E-state index in [1.54, 1.807) is 25.1 Å². The molecule has 1 aromatic carbocycles. The van der Waals surface area contributed by atoms with Gasteiger partial charge in [0.15, 0.2) is 11.3 Å². The standard InChI is InChI=1S/C17H16ClN3O5/c1-9-3-5-12(20-19-9)10(2)25-16-11(18)4-6-13-15(16)21(17(24)26-13)8-7-14(22)23/h3-6,10H,7-8H2,1-2H3,(H,22,23)/t10-/m1/s1. The first-order valence-electron chi connectivity index (χ1n) is 7.87. The van der Waals surface area contributed by atoms with E-state index in [2.05, 4.69) is 10.2 Å². The number of carboxylic acid groups (broad SMARTS) is 1. The normalized spacial score (nSPS) is 12.3. The fourth-order valence-electron chi connectivity index (χ4n) is 2.49. The minimum atomic E-state index is -1.03. The molecule has 0 aliphatic carbocycles. The predicted octanol–water partition coefficient (Wildman–Crippen LogP) is 2.96. The maximum absolute atomic E-state index is 12.1. The number of nitrogens with zero attached hydrogens (tertiary/aromatic N) is 3. The number of aliphatic carboxylic acids is 1. The van der Waals surface area contributed by atoms with Crippen LogP contribution in [0.3, 0.4) is 0 Å². The van der Waals surface area contributed by atoms with Crippen molar-refractivity contribution < 1.29 is 19.1 Å². The summed E-state index contributed by atoms with van der Waals surface area (Å²) < 4.78 is 12.3. The second-order valence-electron chi connectivity index (χ2n) is 5.75. The lowest BCUT2D eigenvalue weighted by Gasteiger charge is -2.16. The molecule has 0 aliphatic heterocycles. The molecule has 2 aromatic heterocycles. The van der Waals surface area contributed by atoms with Gasteiger partial charge in [0.1, 0.15) is 17.3 Å². The van der Waals surface area contributed by atoms with Gasteiger partial charge in [0.25, 0.3) is 0 Å². The van der Waals surface area contributed by atoms with Crippen LogP contribution in [0.25, 0.3) is 11.1 Å². The van der Waals surface area contributed by atoms with Crippen LogP contribution >= 0.6 is 11.6 Å². The van der Waals surface area contributed by atoms with E-state index in [9.17, 15) is 9.59 Å². The van der Waals surface area contributed by atoms with E-state index in [1.165, 1.54) is 4.57 Å². The zero-order valence-electron chi connectivity index (χ0n) is 14.1. The lowest BCUT2D eigenvalue weighted by atomic mass is 10.2. The summed E-state index contributed by atoms with van der Waals surface area (Å²) in [7, 11) is 0. The lowest BCUT2D eigenvalue weighted by Crippen LogP contribution is -2.17. The van der Waals surface area contributed by atoms with Crippen LogP contribution in [0.15, 0.2) is 33.5 Å². The Hall–Kier alpha value is -2.87. The molecule has 26 heavy (non-hydrogen) atoms. The summed E-state index contributed by atoms with van der Waals surface area (Å²) in [6.45, 7) is 3.54. The summed E-state index contributed by atoms with van der Waals surface area (Å²) in [5, 5.41) is 17.2. The Bertz CT molecular complexity index is 1010. The summed E-state index contributed by atoms with van der Waals surface area (Å²) in [5.41, 5.74) is 1.95. The molecule has 9 heteroatoms. The van der Waals surface area contributed by atoms with Gasteiger partial charge in [-0.25, -0.2) is 4.79 Å². The minimum Gasteiger partial charge on any atom is -0.481 e. The molecule has 0 spiro atoms. The second-order valence-corrected chi connectivity index (χ2v) is 6.15. The highest BCUT2D eigenvalue weighted by Gasteiger charge is 2.21. The Morgan fingerprint density at radius 2 is 2.12 bits per heavy atom. The maximum Gasteiger partial charge on any atom is 0.420 e. The summed E-state index contributed by atoms with van der Waals surface area (Å²) in [4.78, 5) is 23.0. The SMILES string of the molecule is Cc1ccc([C@@H](C)Oc2c(Cl)ccc3oc(=O)n(CCC(=O)O)c23)nn1. The molecule has 3 rings (SSSR count). The number of fused-ring (bicyclic) bond motifs is 1. The summed E-state index contributed by atoms with van der Waals surface area (Å²) in [6.07, 6.45) is -0.733. The van der Waals surface area contributed by atoms with Crippen LogP contribution in [0.1, 0.15) is 30.8 Å². The van der Waals surface area contributed by atoms with Gasteiger partial charge in [-0.3, -0.25) is 9.36 Å². The number of ether oxygens (including phenoxy) is 1. The molecule has 0 unspecified atom stereocenters. The molecule has 0 aliphatic rings. The van der Waals surface area contributed by atoms with Crippen molar-refractivity contribution in [2.45, 2.75) is 32.9 Å². The van der Waals surface area contributed by atoms with E-state index in [4.69, 9.17) is 25.9 Å². The van der Waals surface area contributed by atoms with Crippen molar-refractivity contribution in [3.05, 3.63) is 51.2 Å². The molecule has 0 amide bonds. The van der Waals surface area contributed by atoms with Crippen LogP contribution in [-0.2, 0) is 11.3 Å². The average Bonchev–Trinajstić information content (AvgIpc) is 2.91. The number of aryl methyl sites for hydroxylation is 2. The molecule has 136 valence electrons. The van der Waals surface area contributed by atoms with E-state index in [0.717, 1.165) is 5.69 Å². The molecule has 0 fully saturated rings. The van der Waals surface area contributed by atoms with Crippen LogP contribution < -0.4 is 10.5 Å². The monoisotopic (exact) mass is 377 g/mol. The van der Waals surface area contributed by atoms with Gasteiger partial charge >= 0.3 is 11.7 Å². The number of hydrogen-bond acceptors (Lipinski definition) is 6. The molecule has 0 saturated heterocycles. The highest BCUT2D eigenvalue weighted by molar-refractivity contribution is 6.33. The minimum absolute atomic E-state index is 0.0589. The molecule has 8 nitrogen and oxygen atoms in total. The van der Waals surface area contributed by atoms with Crippen molar-refractivity contribution in [3.63, 3.8) is 0 Å². The highest BCUT2D eigenvalue weighted by atomic mass is 35.5. The van der Waals surface area contributed by atoms with E-state index in [-0.39, 0.29) is 29.3 Å². The van der Waals surface area contributed by atoms with Crippen molar-refractivity contribution in [1.29, 1.82) is 0 Å². The topological polar surface area (TPSA) is 107 Å². The summed E-state index contributed by atoms with van der Waals surface area (Å²) in [6, 6.07) is 6.69. The van der Waals surface area contributed by atoms with Crippen molar-refractivity contribution in [2.24, 2.45) is 0 Å². The van der Waals surface area contributed by atoms with Gasteiger partial charge < -0.3 is 14.3 Å². The zero-order valence-corrected chi connectivity index (χ0v) is 14.9. The number of halogens is 1. The van der Waals surface area contributed by atoms with Gasteiger partial charge in [0.2, 0.25) is 0 Å². The van der Waals surface area contributed by atoms with Crippen molar-refractivity contribution in [1.82, 2.24) is 14.8 Å². The number of carboxylic acids is 1. The van der Waals surface area contributed by atoms with E-state index in [1.807, 2.05) is 13.0 Å². The lowest BCUT2D eigenvalue weighted by molar-refractivity contribution is -0.137. The first kappa shape index (κ1) is 17.9. The molecule has 0 bridgehead atoms. The molecule has 3 aromatic rings. The molecule has 0 saturated carbocycles. The van der Waals surface area contributed by atoms with Gasteiger partial charge in [-0.1, -0.05) is 11.6 Å². The van der Waals surface area contributed by atoms with Gasteiger partial charge in [-0.2, -0.15) is 10.2 Å². The Morgan fingerprint density at radius 3 is 2.77 bits per heavy atom. The third kappa shape index (κ3) is 3.55. The third-order valence-electron chi connectivity index (χ3n) is 3.81. The molecule has 0 radical (unpaired) electrons. The number of rotatable bonds is 6. The summed E-state index contributed by atoms with van der Waals surface area (Å²) in [5.74, 6) is -1.47. The highest BCUT2D eigenvalue weighted by Crippen LogP contribution is 2.36. The quantitative estimate of drug-likeness (QED) is 0.703. The third-order valence-corrected chi connectivity index (χ3v) is 4.11. The first-order valence-corrected chi connectivity index (χ1v) is 8.25. The van der Waals surface area contributed by atoms with Crippen molar-refractivity contribution >= 4 is 28.7 Å².